The molecule has 1 amide bonds. The molecule has 7 nitrogen and oxygen atoms in total. The summed E-state index contributed by atoms with van der Waals surface area (Å²) in [5.41, 5.74) is 2.34. The third kappa shape index (κ3) is 2.97. The highest BCUT2D eigenvalue weighted by atomic mass is 16.4. The molecule has 122 valence electrons. The largest absolute Gasteiger partial charge is 0.476 e. The number of aliphatic hydroxyl groups excluding tert-OH is 1. The number of carbonyl (C=O) groups excluding carboxylic acids is 1. The number of amides is 1. The van der Waals surface area contributed by atoms with Crippen LogP contribution in [0.1, 0.15) is 32.0 Å². The summed E-state index contributed by atoms with van der Waals surface area (Å²) < 4.78 is 0. The second-order valence-corrected chi connectivity index (χ2v) is 5.25. The third-order valence-electron chi connectivity index (χ3n) is 3.76. The molecule has 0 unspecified atom stereocenters. The Morgan fingerprint density at radius 3 is 2.58 bits per heavy atom. The first-order valence-corrected chi connectivity index (χ1v) is 7.27. The molecule has 3 rings (SSSR count). The standard InChI is InChI=1S/C17H15N3O4/c21-9-12-4-2-1-3-11(12)8-18-16(22)10-5-6-14-13(7-10)15(17(23)24)20-19-14/h1-7,21H,8-9H2,(H,18,22)(H,19,20)(H,23,24). The summed E-state index contributed by atoms with van der Waals surface area (Å²) in [5.74, 6) is -1.49. The lowest BCUT2D eigenvalue weighted by molar-refractivity contribution is 0.0692. The molecule has 0 bridgehead atoms. The SMILES string of the molecule is O=C(NCc1ccccc1CO)c1ccc2[nH]nc(C(=O)O)c2c1. The summed E-state index contributed by atoms with van der Waals surface area (Å²) in [4.78, 5) is 23.4. The van der Waals surface area contributed by atoms with E-state index in [1.54, 1.807) is 18.2 Å². The van der Waals surface area contributed by atoms with E-state index in [0.717, 1.165) is 11.1 Å². The van der Waals surface area contributed by atoms with E-state index in [1.165, 1.54) is 6.07 Å². The lowest BCUT2D eigenvalue weighted by Crippen LogP contribution is -2.23. The molecule has 7 heteroatoms. The van der Waals surface area contributed by atoms with Gasteiger partial charge in [0.1, 0.15) is 0 Å². The van der Waals surface area contributed by atoms with Gasteiger partial charge in [0, 0.05) is 17.5 Å². The Kier molecular flexibility index (Phi) is 4.26. The van der Waals surface area contributed by atoms with Gasteiger partial charge in [0.25, 0.3) is 5.91 Å². The number of H-pyrrole nitrogens is 1. The van der Waals surface area contributed by atoms with Crippen LogP contribution in [0.15, 0.2) is 42.5 Å². The highest BCUT2D eigenvalue weighted by molar-refractivity contribution is 6.04. The molecule has 24 heavy (non-hydrogen) atoms. The van der Waals surface area contributed by atoms with Crippen molar-refractivity contribution in [1.82, 2.24) is 15.5 Å². The first-order chi connectivity index (χ1) is 11.6. The van der Waals surface area contributed by atoms with E-state index in [4.69, 9.17) is 5.11 Å². The van der Waals surface area contributed by atoms with Gasteiger partial charge >= 0.3 is 5.97 Å². The minimum absolute atomic E-state index is 0.102. The van der Waals surface area contributed by atoms with Gasteiger partial charge in [-0.3, -0.25) is 9.89 Å². The zero-order valence-corrected chi connectivity index (χ0v) is 12.6. The number of rotatable bonds is 5. The molecule has 0 atom stereocenters. The van der Waals surface area contributed by atoms with Crippen LogP contribution in [0.25, 0.3) is 10.9 Å². The molecule has 0 aliphatic heterocycles. The van der Waals surface area contributed by atoms with Crippen molar-refractivity contribution in [2.45, 2.75) is 13.2 Å². The summed E-state index contributed by atoms with van der Waals surface area (Å²) in [5, 5.41) is 27.9. The fourth-order valence-corrected chi connectivity index (χ4v) is 2.48. The van der Waals surface area contributed by atoms with Gasteiger partial charge in [-0.2, -0.15) is 5.10 Å². The number of hydrogen-bond acceptors (Lipinski definition) is 4. The van der Waals surface area contributed by atoms with Gasteiger partial charge in [-0.05, 0) is 29.3 Å². The number of aromatic carboxylic acids is 1. The summed E-state index contributed by atoms with van der Waals surface area (Å²) >= 11 is 0. The molecule has 2 aromatic carbocycles. The van der Waals surface area contributed by atoms with Gasteiger partial charge in [0.15, 0.2) is 5.69 Å². The first kappa shape index (κ1) is 15.7. The number of carboxylic acid groups (broad SMARTS) is 1. The summed E-state index contributed by atoms with van der Waals surface area (Å²) in [6, 6.07) is 12.0. The molecule has 0 aliphatic rings. The molecule has 3 aromatic rings. The molecule has 0 saturated heterocycles. The van der Waals surface area contributed by atoms with E-state index >= 15 is 0 Å². The first-order valence-electron chi connectivity index (χ1n) is 7.27. The fraction of sp³-hybridized carbons (Fsp3) is 0.118. The van der Waals surface area contributed by atoms with Gasteiger partial charge in [-0.1, -0.05) is 24.3 Å². The Bertz CT molecular complexity index is 917. The fourth-order valence-electron chi connectivity index (χ4n) is 2.48. The molecule has 0 saturated carbocycles. The van der Waals surface area contributed by atoms with Crippen molar-refractivity contribution in [3.8, 4) is 0 Å². The smallest absolute Gasteiger partial charge is 0.357 e. The van der Waals surface area contributed by atoms with Crippen LogP contribution < -0.4 is 5.32 Å². The highest BCUT2D eigenvalue weighted by Crippen LogP contribution is 2.18. The minimum Gasteiger partial charge on any atom is -0.476 e. The Balaban J connectivity index is 1.81. The number of aromatic nitrogens is 2. The quantitative estimate of drug-likeness (QED) is 0.570. The number of nitrogens with one attached hydrogen (secondary N) is 2. The number of nitrogens with zero attached hydrogens (tertiary/aromatic N) is 1. The molecule has 0 fully saturated rings. The van der Waals surface area contributed by atoms with Crippen molar-refractivity contribution in [2.24, 2.45) is 0 Å². The second kappa shape index (κ2) is 6.51. The average molecular weight is 325 g/mol. The van der Waals surface area contributed by atoms with Crippen LogP contribution >= 0.6 is 0 Å². The highest BCUT2D eigenvalue weighted by Gasteiger charge is 2.15. The zero-order valence-electron chi connectivity index (χ0n) is 12.6. The van der Waals surface area contributed by atoms with Crippen LogP contribution in [-0.2, 0) is 13.2 Å². The Labute approximate surface area is 136 Å². The van der Waals surface area contributed by atoms with Crippen LogP contribution in [0.3, 0.4) is 0 Å². The molecule has 1 heterocycles. The van der Waals surface area contributed by atoms with E-state index in [-0.39, 0.29) is 24.8 Å². The van der Waals surface area contributed by atoms with Crippen LogP contribution in [0, 0.1) is 0 Å². The number of carbonyl (C=O) groups is 2. The number of fused-ring (bicyclic) bond motifs is 1. The Morgan fingerprint density at radius 2 is 1.88 bits per heavy atom. The lowest BCUT2D eigenvalue weighted by Gasteiger charge is -2.09. The number of carboxylic acids is 1. The van der Waals surface area contributed by atoms with Crippen molar-refractivity contribution in [3.05, 3.63) is 64.8 Å². The second-order valence-electron chi connectivity index (χ2n) is 5.25. The van der Waals surface area contributed by atoms with Crippen LogP contribution in [-0.4, -0.2) is 32.3 Å². The van der Waals surface area contributed by atoms with E-state index in [9.17, 15) is 14.7 Å². The van der Waals surface area contributed by atoms with Gasteiger partial charge in [0.05, 0.1) is 12.1 Å². The number of hydrogen-bond donors (Lipinski definition) is 4. The van der Waals surface area contributed by atoms with E-state index in [1.807, 2.05) is 18.2 Å². The number of aliphatic hydroxyl groups is 1. The Hall–Kier alpha value is -3.19. The molecule has 0 aliphatic carbocycles. The van der Waals surface area contributed by atoms with Crippen molar-refractivity contribution in [3.63, 3.8) is 0 Å². The summed E-state index contributed by atoms with van der Waals surface area (Å²) in [7, 11) is 0. The van der Waals surface area contributed by atoms with E-state index in [0.29, 0.717) is 16.5 Å². The summed E-state index contributed by atoms with van der Waals surface area (Å²) in [6.07, 6.45) is 0. The van der Waals surface area contributed by atoms with Crippen molar-refractivity contribution >= 4 is 22.8 Å². The summed E-state index contributed by atoms with van der Waals surface area (Å²) in [6.45, 7) is 0.166. The molecular weight excluding hydrogens is 310 g/mol. The monoisotopic (exact) mass is 325 g/mol. The van der Waals surface area contributed by atoms with Crippen molar-refractivity contribution < 1.29 is 19.8 Å². The van der Waals surface area contributed by atoms with Gasteiger partial charge in [-0.15, -0.1) is 0 Å². The predicted octanol–water partition coefficient (Wildman–Crippen LogP) is 1.68. The molecular formula is C17H15N3O4. The van der Waals surface area contributed by atoms with Crippen molar-refractivity contribution in [2.75, 3.05) is 0 Å². The normalized spacial score (nSPS) is 10.7. The van der Waals surface area contributed by atoms with E-state index < -0.39 is 5.97 Å². The van der Waals surface area contributed by atoms with Gasteiger partial charge < -0.3 is 15.5 Å². The predicted molar refractivity (Wildman–Crippen MR) is 86.6 cm³/mol. The third-order valence-corrected chi connectivity index (χ3v) is 3.76. The van der Waals surface area contributed by atoms with Crippen LogP contribution in [0.2, 0.25) is 0 Å². The van der Waals surface area contributed by atoms with E-state index in [2.05, 4.69) is 15.5 Å². The minimum atomic E-state index is -1.16. The molecule has 1 aromatic heterocycles. The average Bonchev–Trinajstić information content (AvgIpc) is 3.03. The maximum atomic E-state index is 12.3. The molecule has 0 radical (unpaired) electrons. The Morgan fingerprint density at radius 1 is 1.12 bits per heavy atom. The topological polar surface area (TPSA) is 115 Å². The number of benzene rings is 2. The van der Waals surface area contributed by atoms with Gasteiger partial charge in [0.2, 0.25) is 0 Å². The van der Waals surface area contributed by atoms with Gasteiger partial charge in [-0.25, -0.2) is 4.79 Å². The van der Waals surface area contributed by atoms with Crippen LogP contribution in [0.5, 0.6) is 0 Å². The molecule has 4 N–H and O–H groups in total. The zero-order chi connectivity index (χ0) is 17.1. The number of aromatic amines is 1. The maximum Gasteiger partial charge on any atom is 0.357 e. The van der Waals surface area contributed by atoms with Crippen molar-refractivity contribution in [1.29, 1.82) is 0 Å². The lowest BCUT2D eigenvalue weighted by atomic mass is 10.1. The molecule has 0 spiro atoms. The van der Waals surface area contributed by atoms with Crippen LogP contribution in [0.4, 0.5) is 0 Å². The maximum absolute atomic E-state index is 12.3.